The van der Waals surface area contributed by atoms with Crippen LogP contribution in [0.3, 0.4) is 0 Å². The molecule has 0 aromatic rings. The molecule has 2 fully saturated rings. The molecule has 4 rings (SSSR count). The van der Waals surface area contributed by atoms with Gasteiger partial charge in [0.1, 0.15) is 24.9 Å². The number of hydrogen-bond donors (Lipinski definition) is 1. The molecule has 0 spiro atoms. The monoisotopic (exact) mass is 790 g/mol. The second kappa shape index (κ2) is 18.5. The highest BCUT2D eigenvalue weighted by Gasteiger charge is 2.53. The predicted octanol–water partition coefficient (Wildman–Crippen LogP) is 7.20. The largest absolute Gasteiger partial charge is 0.465 e. The molecule has 0 aromatic carbocycles. The second-order valence-corrected chi connectivity index (χ2v) is 24.2. The molecule has 0 unspecified atom stereocenters. The first-order chi connectivity index (χ1) is 25.6. The fourth-order valence-corrected chi connectivity index (χ4v) is 11.7. The molecule has 55 heavy (non-hydrogen) atoms. The smallest absolute Gasteiger partial charge is 0.311 e. The lowest BCUT2D eigenvalue weighted by Gasteiger charge is -2.50. The van der Waals surface area contributed by atoms with Crippen LogP contribution in [0, 0.1) is 16.2 Å². The lowest BCUT2D eigenvalue weighted by molar-refractivity contribution is -0.292. The Bertz CT molecular complexity index is 1400. The average molecular weight is 791 g/mol. The number of fused-ring (bicyclic) bond motifs is 3. The fraction of sp³-hybridized carbons (Fsp3) is 0.791. The Hall–Kier alpha value is -2.35. The summed E-state index contributed by atoms with van der Waals surface area (Å²) in [7, 11) is -1.82. The molecule has 4 aliphatic rings. The summed E-state index contributed by atoms with van der Waals surface area (Å²) in [5.74, 6) is -1.05. The van der Waals surface area contributed by atoms with Crippen molar-refractivity contribution in [3.63, 3.8) is 0 Å². The molecule has 0 aromatic heterocycles. The van der Waals surface area contributed by atoms with Crippen molar-refractivity contribution in [3.8, 4) is 0 Å². The molecule has 0 bridgehead atoms. The van der Waals surface area contributed by atoms with Gasteiger partial charge in [0.05, 0.1) is 67.5 Å². The maximum Gasteiger partial charge on any atom is 0.311 e. The summed E-state index contributed by atoms with van der Waals surface area (Å²) in [6, 6.07) is 3.34. The topological polar surface area (TPSA) is 136 Å². The Balaban J connectivity index is 1.50. The molecular formula is C43H70O11Si. The van der Waals surface area contributed by atoms with Crippen molar-refractivity contribution in [2.24, 2.45) is 16.2 Å². The van der Waals surface area contributed by atoms with E-state index >= 15 is 0 Å². The molecule has 0 aliphatic carbocycles. The van der Waals surface area contributed by atoms with Gasteiger partial charge in [0, 0.05) is 12.8 Å². The maximum atomic E-state index is 12.8. The van der Waals surface area contributed by atoms with Crippen molar-refractivity contribution in [2.45, 2.75) is 188 Å². The van der Waals surface area contributed by atoms with E-state index < -0.39 is 79.0 Å². The average Bonchev–Trinajstić information content (AvgIpc) is 3.42. The zero-order valence-electron chi connectivity index (χ0n) is 35.6. The highest BCUT2D eigenvalue weighted by molar-refractivity contribution is 6.86. The van der Waals surface area contributed by atoms with Crippen LogP contribution in [0.5, 0.6) is 0 Å². The number of aliphatic hydroxyl groups is 1. The van der Waals surface area contributed by atoms with E-state index in [2.05, 4.69) is 26.8 Å². The molecule has 0 saturated carbocycles. The van der Waals surface area contributed by atoms with Crippen LogP contribution < -0.4 is 0 Å². The van der Waals surface area contributed by atoms with E-state index in [-0.39, 0.29) is 37.5 Å². The SMILES string of the molecule is CC[Si](CC)(CC)C1=C[C@@H](CCOC(=O)C(C)(C)C)O[C@H]2C[C@H]3O[C@H]4CC=C[C@H](/C=C/[C@@H](COC(=O)C(C)(C)C)OC(=O)C(C)(C)C)O[C@@H]4[C@@H](O)[C@@H]3O[C@@H]2C1. The van der Waals surface area contributed by atoms with Crippen molar-refractivity contribution in [1.29, 1.82) is 0 Å². The van der Waals surface area contributed by atoms with Gasteiger partial charge in [-0.2, -0.15) is 0 Å². The van der Waals surface area contributed by atoms with Gasteiger partial charge in [-0.3, -0.25) is 14.4 Å². The molecule has 312 valence electrons. The van der Waals surface area contributed by atoms with Crippen molar-refractivity contribution < 1.29 is 52.6 Å². The summed E-state index contributed by atoms with van der Waals surface area (Å²) in [6.45, 7) is 23.2. The Morgan fingerprint density at radius 1 is 0.800 bits per heavy atom. The van der Waals surface area contributed by atoms with Crippen LogP contribution >= 0.6 is 0 Å². The number of carbonyl (C=O) groups excluding carboxylic acids is 3. The van der Waals surface area contributed by atoms with Crippen LogP contribution in [0.1, 0.15) is 109 Å². The molecule has 1 N–H and O–H groups in total. The van der Waals surface area contributed by atoms with Gasteiger partial charge in [-0.15, -0.1) is 0 Å². The number of aliphatic hydroxyl groups excluding tert-OH is 1. The Morgan fingerprint density at radius 2 is 1.40 bits per heavy atom. The molecule has 4 heterocycles. The van der Waals surface area contributed by atoms with Gasteiger partial charge in [0.15, 0.2) is 6.10 Å². The van der Waals surface area contributed by atoms with Gasteiger partial charge in [0.2, 0.25) is 0 Å². The molecular weight excluding hydrogens is 721 g/mol. The maximum absolute atomic E-state index is 12.8. The number of carbonyl (C=O) groups is 3. The zero-order valence-corrected chi connectivity index (χ0v) is 36.6. The standard InChI is InChI=1S/C43H70O11Si/c1-13-55(14-2,15-3)30-23-28(21-22-48-38(45)41(4,5)6)50-33-25-34-37(54-32(33)24-30)35(44)36-31(53-34)18-16-17-27(51-36)19-20-29(52-40(47)43(10,11)12)26-49-39(46)42(7,8)9/h16-17,19-20,23,27-29,31-37,44H,13-15,18,21-22,24-26H2,1-12H3/b20-19+/t27-,28-,29+,31+,32-,33+,34-,35-,36+,37-/m1/s1. The van der Waals surface area contributed by atoms with E-state index in [4.69, 9.17) is 33.2 Å². The first-order valence-corrected chi connectivity index (χ1v) is 23.2. The molecule has 12 heteroatoms. The second-order valence-electron chi connectivity index (χ2n) is 18.9. The summed E-state index contributed by atoms with van der Waals surface area (Å²) in [4.78, 5) is 37.9. The minimum Gasteiger partial charge on any atom is -0.465 e. The molecule has 0 amide bonds. The highest BCUT2D eigenvalue weighted by Crippen LogP contribution is 2.42. The van der Waals surface area contributed by atoms with Crippen LogP contribution in [0.25, 0.3) is 0 Å². The van der Waals surface area contributed by atoms with Crippen LogP contribution in [0.15, 0.2) is 35.6 Å². The Kier molecular flexibility index (Phi) is 15.2. The number of hydrogen-bond acceptors (Lipinski definition) is 11. The van der Waals surface area contributed by atoms with Gasteiger partial charge in [-0.25, -0.2) is 0 Å². The van der Waals surface area contributed by atoms with E-state index in [0.717, 1.165) is 24.6 Å². The number of esters is 3. The van der Waals surface area contributed by atoms with Crippen LogP contribution in [-0.4, -0.2) is 105 Å². The summed E-state index contributed by atoms with van der Waals surface area (Å²) < 4.78 is 43.8. The van der Waals surface area contributed by atoms with Crippen LogP contribution in [0.2, 0.25) is 18.1 Å². The first-order valence-electron chi connectivity index (χ1n) is 20.5. The van der Waals surface area contributed by atoms with Crippen molar-refractivity contribution in [1.82, 2.24) is 0 Å². The predicted molar refractivity (Wildman–Crippen MR) is 213 cm³/mol. The Labute approximate surface area is 330 Å². The van der Waals surface area contributed by atoms with Crippen molar-refractivity contribution in [3.05, 3.63) is 35.6 Å². The summed E-state index contributed by atoms with van der Waals surface area (Å²) in [5.41, 5.74) is -2.04. The van der Waals surface area contributed by atoms with Crippen molar-refractivity contribution in [2.75, 3.05) is 13.2 Å². The summed E-state index contributed by atoms with van der Waals surface area (Å²) in [5, 5.41) is 13.4. The quantitative estimate of drug-likeness (QED) is 0.0931. The van der Waals surface area contributed by atoms with Gasteiger partial charge in [-0.05, 0) is 81.2 Å². The molecule has 4 aliphatic heterocycles. The van der Waals surface area contributed by atoms with Crippen LogP contribution in [0.4, 0.5) is 0 Å². The lowest BCUT2D eigenvalue weighted by atomic mass is 9.86. The van der Waals surface area contributed by atoms with Crippen molar-refractivity contribution >= 4 is 26.0 Å². The van der Waals surface area contributed by atoms with Crippen LogP contribution in [-0.2, 0) is 47.5 Å². The first kappa shape index (κ1) is 45.4. The van der Waals surface area contributed by atoms with E-state index in [9.17, 15) is 19.5 Å². The van der Waals surface area contributed by atoms with Gasteiger partial charge < -0.3 is 38.3 Å². The minimum atomic E-state index is -1.82. The molecule has 2 saturated heterocycles. The summed E-state index contributed by atoms with van der Waals surface area (Å²) in [6.07, 6.45) is 6.79. The normalized spacial score (nSPS) is 30.9. The fourth-order valence-electron chi connectivity index (χ4n) is 7.68. The lowest BCUT2D eigenvalue weighted by Crippen LogP contribution is -2.64. The Morgan fingerprint density at radius 3 is 2.00 bits per heavy atom. The third-order valence-electron chi connectivity index (χ3n) is 11.5. The third-order valence-corrected chi connectivity index (χ3v) is 17.3. The van der Waals surface area contributed by atoms with E-state index in [1.807, 2.05) is 32.9 Å². The molecule has 11 nitrogen and oxygen atoms in total. The summed E-state index contributed by atoms with van der Waals surface area (Å²) >= 11 is 0. The molecule has 10 atom stereocenters. The van der Waals surface area contributed by atoms with E-state index in [1.165, 1.54) is 5.20 Å². The zero-order chi connectivity index (χ0) is 40.9. The van der Waals surface area contributed by atoms with E-state index in [1.54, 1.807) is 53.7 Å². The highest BCUT2D eigenvalue weighted by atomic mass is 28.3. The number of rotatable bonds is 12. The van der Waals surface area contributed by atoms with E-state index in [0.29, 0.717) is 19.3 Å². The minimum absolute atomic E-state index is 0.136. The van der Waals surface area contributed by atoms with Gasteiger partial charge >= 0.3 is 17.9 Å². The van der Waals surface area contributed by atoms with Gasteiger partial charge in [-0.1, -0.05) is 68.4 Å². The third kappa shape index (κ3) is 11.6. The van der Waals surface area contributed by atoms with Gasteiger partial charge in [0.25, 0.3) is 0 Å². The number of ether oxygens (including phenoxy) is 7. The molecule has 0 radical (unpaired) electrons.